The van der Waals surface area contributed by atoms with Gasteiger partial charge in [0.1, 0.15) is 0 Å². The maximum Gasteiger partial charge on any atom is 0.225 e. The van der Waals surface area contributed by atoms with Gasteiger partial charge in [-0.15, -0.1) is 0 Å². The average molecular weight is 353 g/mol. The summed E-state index contributed by atoms with van der Waals surface area (Å²) in [5.74, 6) is 0.988. The van der Waals surface area contributed by atoms with Crippen LogP contribution in [-0.4, -0.2) is 30.4 Å². The van der Waals surface area contributed by atoms with Crippen molar-refractivity contribution in [3.05, 3.63) is 28.2 Å². The van der Waals surface area contributed by atoms with Crippen LogP contribution >= 0.6 is 15.9 Å². The molecule has 1 N–H and O–H groups in total. The van der Waals surface area contributed by atoms with E-state index in [1.165, 1.54) is 19.4 Å². The average Bonchev–Trinajstić information content (AvgIpc) is 3.24. The molecule has 1 amide bonds. The molecular formula is C17H25BrN2O. The molecule has 3 nitrogen and oxygen atoms in total. The van der Waals surface area contributed by atoms with Gasteiger partial charge in [-0.2, -0.15) is 0 Å². The normalized spacial score (nSPS) is 14.5. The van der Waals surface area contributed by atoms with Gasteiger partial charge in [-0.3, -0.25) is 4.79 Å². The first kappa shape index (κ1) is 16.5. The lowest BCUT2D eigenvalue weighted by molar-refractivity contribution is -0.116. The van der Waals surface area contributed by atoms with Crippen molar-refractivity contribution in [1.29, 1.82) is 0 Å². The molecule has 0 unspecified atom stereocenters. The van der Waals surface area contributed by atoms with Gasteiger partial charge in [-0.1, -0.05) is 22.9 Å². The second-order valence-electron chi connectivity index (χ2n) is 6.01. The molecule has 0 aliphatic heterocycles. The lowest BCUT2D eigenvalue weighted by Crippen LogP contribution is -2.30. The molecule has 4 heteroatoms. The molecule has 2 rings (SSSR count). The van der Waals surface area contributed by atoms with Gasteiger partial charge in [0.15, 0.2) is 0 Å². The van der Waals surface area contributed by atoms with Gasteiger partial charge in [0.05, 0.1) is 0 Å². The lowest BCUT2D eigenvalue weighted by atomic mass is 10.2. The van der Waals surface area contributed by atoms with E-state index in [0.717, 1.165) is 41.2 Å². The molecule has 0 atom stereocenters. The van der Waals surface area contributed by atoms with Crippen molar-refractivity contribution in [2.24, 2.45) is 5.92 Å². The molecule has 0 aromatic heterocycles. The minimum Gasteiger partial charge on any atom is -0.326 e. The number of benzene rings is 1. The third-order valence-electron chi connectivity index (χ3n) is 3.85. The number of aryl methyl sites for hydroxylation is 1. The summed E-state index contributed by atoms with van der Waals surface area (Å²) in [6.07, 6.45) is 4.46. The monoisotopic (exact) mass is 352 g/mol. The highest BCUT2D eigenvalue weighted by atomic mass is 79.9. The minimum absolute atomic E-state index is 0.105. The summed E-state index contributed by atoms with van der Waals surface area (Å²) in [5.41, 5.74) is 2.01. The summed E-state index contributed by atoms with van der Waals surface area (Å²) in [6.45, 7) is 7.36. The summed E-state index contributed by atoms with van der Waals surface area (Å²) in [4.78, 5) is 14.5. The Balaban J connectivity index is 1.78. The van der Waals surface area contributed by atoms with E-state index in [2.05, 4.69) is 33.1 Å². The Morgan fingerprint density at radius 1 is 1.38 bits per heavy atom. The van der Waals surface area contributed by atoms with E-state index in [1.54, 1.807) is 0 Å². The maximum absolute atomic E-state index is 12.1. The number of anilines is 1. The zero-order valence-electron chi connectivity index (χ0n) is 13.0. The van der Waals surface area contributed by atoms with Crippen LogP contribution in [0, 0.1) is 12.8 Å². The second-order valence-corrected chi connectivity index (χ2v) is 6.86. The van der Waals surface area contributed by atoms with Gasteiger partial charge in [-0.25, -0.2) is 0 Å². The molecule has 1 fully saturated rings. The Kier molecular flexibility index (Phi) is 6.24. The standard InChI is InChI=1S/C17H25BrN2O/c1-3-9-20(12-14-4-5-14)10-8-17(21)19-15-6-7-16(18)13(2)11-15/h6-7,11,14H,3-5,8-10,12H2,1-2H3,(H,19,21). The fourth-order valence-corrected chi connectivity index (χ4v) is 2.73. The predicted octanol–water partition coefficient (Wildman–Crippen LogP) is 4.21. The fourth-order valence-electron chi connectivity index (χ4n) is 2.48. The number of hydrogen-bond acceptors (Lipinski definition) is 2. The topological polar surface area (TPSA) is 32.3 Å². The number of nitrogens with one attached hydrogen (secondary N) is 1. The highest BCUT2D eigenvalue weighted by Crippen LogP contribution is 2.29. The molecule has 0 saturated heterocycles. The zero-order valence-corrected chi connectivity index (χ0v) is 14.6. The summed E-state index contributed by atoms with van der Waals surface area (Å²) < 4.78 is 1.07. The fraction of sp³-hybridized carbons (Fsp3) is 0.588. The molecule has 116 valence electrons. The highest BCUT2D eigenvalue weighted by molar-refractivity contribution is 9.10. The van der Waals surface area contributed by atoms with Crippen molar-refractivity contribution < 1.29 is 4.79 Å². The van der Waals surface area contributed by atoms with Crippen molar-refractivity contribution in [2.75, 3.05) is 25.0 Å². The van der Waals surface area contributed by atoms with Gasteiger partial charge < -0.3 is 10.2 Å². The second kappa shape index (κ2) is 7.95. The van der Waals surface area contributed by atoms with Crippen LogP contribution < -0.4 is 5.32 Å². The predicted molar refractivity (Wildman–Crippen MR) is 91.6 cm³/mol. The van der Waals surface area contributed by atoms with Crippen LogP contribution in [0.1, 0.15) is 38.2 Å². The first-order valence-electron chi connectivity index (χ1n) is 7.87. The molecule has 1 saturated carbocycles. The number of halogens is 1. The number of amides is 1. The molecule has 0 bridgehead atoms. The van der Waals surface area contributed by atoms with Gasteiger partial charge in [0.25, 0.3) is 0 Å². The third-order valence-corrected chi connectivity index (χ3v) is 4.74. The Morgan fingerprint density at radius 2 is 2.14 bits per heavy atom. The summed E-state index contributed by atoms with van der Waals surface area (Å²) in [5, 5.41) is 2.99. The Labute approximate surface area is 136 Å². The lowest BCUT2D eigenvalue weighted by Gasteiger charge is -2.21. The summed E-state index contributed by atoms with van der Waals surface area (Å²) in [6, 6.07) is 5.90. The molecule has 1 aromatic carbocycles. The summed E-state index contributed by atoms with van der Waals surface area (Å²) >= 11 is 3.47. The zero-order chi connectivity index (χ0) is 15.2. The number of nitrogens with zero attached hydrogens (tertiary/aromatic N) is 1. The van der Waals surface area contributed by atoms with Crippen LogP contribution in [0.15, 0.2) is 22.7 Å². The molecule has 0 radical (unpaired) electrons. The van der Waals surface area contributed by atoms with Crippen molar-refractivity contribution in [3.63, 3.8) is 0 Å². The third kappa shape index (κ3) is 5.79. The maximum atomic E-state index is 12.1. The molecular weight excluding hydrogens is 328 g/mol. The van der Waals surface area contributed by atoms with E-state index in [9.17, 15) is 4.79 Å². The van der Waals surface area contributed by atoms with Crippen LogP contribution in [0.3, 0.4) is 0 Å². The van der Waals surface area contributed by atoms with Crippen molar-refractivity contribution in [3.8, 4) is 0 Å². The summed E-state index contributed by atoms with van der Waals surface area (Å²) in [7, 11) is 0. The van der Waals surface area contributed by atoms with Crippen LogP contribution in [0.4, 0.5) is 5.69 Å². The highest BCUT2D eigenvalue weighted by Gasteiger charge is 2.24. The molecule has 0 heterocycles. The van der Waals surface area contributed by atoms with Crippen molar-refractivity contribution >= 4 is 27.5 Å². The van der Waals surface area contributed by atoms with Crippen molar-refractivity contribution in [2.45, 2.75) is 39.5 Å². The van der Waals surface area contributed by atoms with Gasteiger partial charge >= 0.3 is 0 Å². The van der Waals surface area contributed by atoms with Gasteiger partial charge in [0.2, 0.25) is 5.91 Å². The van der Waals surface area contributed by atoms with E-state index in [4.69, 9.17) is 0 Å². The van der Waals surface area contributed by atoms with Crippen LogP contribution in [0.2, 0.25) is 0 Å². The smallest absolute Gasteiger partial charge is 0.225 e. The van der Waals surface area contributed by atoms with E-state index < -0.39 is 0 Å². The Hall–Kier alpha value is -0.870. The van der Waals surface area contributed by atoms with Crippen LogP contribution in [0.25, 0.3) is 0 Å². The number of rotatable bonds is 8. The van der Waals surface area contributed by atoms with Crippen LogP contribution in [-0.2, 0) is 4.79 Å². The molecule has 0 spiro atoms. The Morgan fingerprint density at radius 3 is 2.76 bits per heavy atom. The number of carbonyl (C=O) groups excluding carboxylic acids is 1. The molecule has 1 aromatic rings. The number of carbonyl (C=O) groups is 1. The van der Waals surface area contributed by atoms with Crippen molar-refractivity contribution in [1.82, 2.24) is 4.90 Å². The van der Waals surface area contributed by atoms with E-state index >= 15 is 0 Å². The van der Waals surface area contributed by atoms with Gasteiger partial charge in [0, 0.05) is 29.7 Å². The van der Waals surface area contributed by atoms with Crippen LogP contribution in [0.5, 0.6) is 0 Å². The molecule has 1 aliphatic rings. The quantitative estimate of drug-likeness (QED) is 0.759. The van der Waals surface area contributed by atoms with E-state index in [0.29, 0.717) is 6.42 Å². The Bertz CT molecular complexity index is 486. The van der Waals surface area contributed by atoms with E-state index in [1.807, 2.05) is 25.1 Å². The van der Waals surface area contributed by atoms with E-state index in [-0.39, 0.29) is 5.91 Å². The largest absolute Gasteiger partial charge is 0.326 e. The SMILES string of the molecule is CCCN(CCC(=O)Nc1ccc(Br)c(C)c1)CC1CC1. The molecule has 1 aliphatic carbocycles. The van der Waals surface area contributed by atoms with Gasteiger partial charge in [-0.05, 0) is 62.4 Å². The minimum atomic E-state index is 0.105. The first-order valence-corrected chi connectivity index (χ1v) is 8.66. The number of hydrogen-bond donors (Lipinski definition) is 1. The molecule has 21 heavy (non-hydrogen) atoms. The first-order chi connectivity index (χ1) is 10.1.